The highest BCUT2D eigenvalue weighted by atomic mass is 16.5. The number of Topliss-reactive ketones (excluding diaryl/α,β-unsaturated/α-hetero) is 1. The highest BCUT2D eigenvalue weighted by Crippen LogP contribution is 2.31. The van der Waals surface area contributed by atoms with Crippen molar-refractivity contribution in [3.8, 4) is 11.5 Å². The van der Waals surface area contributed by atoms with E-state index in [4.69, 9.17) is 9.47 Å². The summed E-state index contributed by atoms with van der Waals surface area (Å²) in [5, 5.41) is 19.7. The van der Waals surface area contributed by atoms with Gasteiger partial charge in [0.15, 0.2) is 5.78 Å². The maximum absolute atomic E-state index is 12.6. The molecule has 0 atom stereocenters. The summed E-state index contributed by atoms with van der Waals surface area (Å²) in [6, 6.07) is 2.72. The molecule has 3 rings (SSSR count). The maximum Gasteiger partial charge on any atom is 0.174 e. The predicted molar refractivity (Wildman–Crippen MR) is 97.5 cm³/mol. The fourth-order valence-electron chi connectivity index (χ4n) is 2.96. The summed E-state index contributed by atoms with van der Waals surface area (Å²) in [6.45, 7) is 1.87. The molecule has 0 saturated carbocycles. The van der Waals surface area contributed by atoms with Gasteiger partial charge in [0, 0.05) is 12.5 Å². The zero-order valence-corrected chi connectivity index (χ0v) is 14.7. The van der Waals surface area contributed by atoms with Gasteiger partial charge >= 0.3 is 0 Å². The molecule has 0 radical (unpaired) electrons. The summed E-state index contributed by atoms with van der Waals surface area (Å²) in [7, 11) is 0. The van der Waals surface area contributed by atoms with Gasteiger partial charge in [-0.1, -0.05) is 30.7 Å². The van der Waals surface area contributed by atoms with Crippen molar-refractivity contribution < 1.29 is 24.5 Å². The van der Waals surface area contributed by atoms with Crippen LogP contribution >= 0.6 is 0 Å². The van der Waals surface area contributed by atoms with E-state index in [1.54, 1.807) is 6.26 Å². The van der Waals surface area contributed by atoms with E-state index in [1.165, 1.54) is 24.0 Å². The number of hydrogen-bond acceptors (Lipinski definition) is 5. The number of carbonyl (C=O) groups excluding carboxylic acids is 1. The highest BCUT2D eigenvalue weighted by Gasteiger charge is 2.20. The van der Waals surface area contributed by atoms with E-state index >= 15 is 0 Å². The number of rotatable bonds is 6. The van der Waals surface area contributed by atoms with Gasteiger partial charge in [-0.2, -0.15) is 0 Å². The van der Waals surface area contributed by atoms with Crippen LogP contribution in [0.3, 0.4) is 0 Å². The Balaban J connectivity index is 1.66. The molecule has 5 nitrogen and oxygen atoms in total. The van der Waals surface area contributed by atoms with Crippen LogP contribution in [0, 0.1) is 0 Å². The highest BCUT2D eigenvalue weighted by molar-refractivity contribution is 6.00. The van der Waals surface area contributed by atoms with Crippen molar-refractivity contribution in [3.63, 3.8) is 0 Å². The Labute approximate surface area is 152 Å². The van der Waals surface area contributed by atoms with Crippen molar-refractivity contribution in [1.82, 2.24) is 0 Å². The van der Waals surface area contributed by atoms with Crippen molar-refractivity contribution in [2.75, 3.05) is 0 Å². The molecule has 136 valence electrons. The number of carbonyl (C=O) groups is 1. The fraction of sp³-hybridized carbons (Fsp3) is 0.286. The number of phenolic OH excluding ortho intramolecular Hbond substituents is 2. The van der Waals surface area contributed by atoms with E-state index in [2.05, 4.69) is 12.2 Å². The largest absolute Gasteiger partial charge is 0.508 e. The van der Waals surface area contributed by atoms with Gasteiger partial charge in [0.25, 0.3) is 0 Å². The number of ketones is 1. The first-order chi connectivity index (χ1) is 12.6. The molecule has 1 aliphatic heterocycles. The molecule has 0 unspecified atom stereocenters. The van der Waals surface area contributed by atoms with Crippen LogP contribution in [0.1, 0.15) is 48.5 Å². The molecule has 0 bridgehead atoms. The molecule has 5 heteroatoms. The van der Waals surface area contributed by atoms with Crippen molar-refractivity contribution in [1.29, 1.82) is 0 Å². The third-order valence-corrected chi connectivity index (χ3v) is 4.38. The van der Waals surface area contributed by atoms with E-state index in [-0.39, 0.29) is 29.3 Å². The van der Waals surface area contributed by atoms with Crippen LogP contribution in [0.5, 0.6) is 11.5 Å². The Morgan fingerprint density at radius 3 is 2.69 bits per heavy atom. The molecule has 0 saturated heterocycles. The Bertz CT molecular complexity index is 827. The SMILES string of the molecule is CCc1cc(C(=O)CC2=COC=C(CC3=CC=CCC3)O2)c(O)cc1O. The third-order valence-electron chi connectivity index (χ3n) is 4.38. The fourth-order valence-corrected chi connectivity index (χ4v) is 2.96. The number of allylic oxidation sites excluding steroid dienone is 5. The lowest BCUT2D eigenvalue weighted by atomic mass is 10.0. The van der Waals surface area contributed by atoms with Crippen LogP contribution in [0.15, 0.2) is 60.0 Å². The first kappa shape index (κ1) is 17.9. The number of benzene rings is 1. The topological polar surface area (TPSA) is 76.0 Å². The van der Waals surface area contributed by atoms with Gasteiger partial charge in [0.1, 0.15) is 35.5 Å². The third kappa shape index (κ3) is 4.17. The quantitative estimate of drug-likeness (QED) is 0.729. The van der Waals surface area contributed by atoms with Gasteiger partial charge < -0.3 is 19.7 Å². The Hall–Kier alpha value is -2.95. The molecule has 0 amide bonds. The molecule has 1 aromatic carbocycles. The number of hydrogen-bond donors (Lipinski definition) is 2. The van der Waals surface area contributed by atoms with Crippen molar-refractivity contribution in [3.05, 3.63) is 71.1 Å². The lowest BCUT2D eigenvalue weighted by molar-refractivity contribution is 0.0961. The molecule has 1 aromatic rings. The first-order valence-electron chi connectivity index (χ1n) is 8.71. The molecule has 0 fully saturated rings. The van der Waals surface area contributed by atoms with Crippen molar-refractivity contribution >= 4 is 5.78 Å². The minimum Gasteiger partial charge on any atom is -0.508 e. The smallest absolute Gasteiger partial charge is 0.174 e. The lowest BCUT2D eigenvalue weighted by Crippen LogP contribution is -2.08. The van der Waals surface area contributed by atoms with E-state index < -0.39 is 0 Å². The summed E-state index contributed by atoms with van der Waals surface area (Å²) >= 11 is 0. The second-order valence-corrected chi connectivity index (χ2v) is 6.33. The van der Waals surface area contributed by atoms with Gasteiger partial charge in [-0.15, -0.1) is 0 Å². The van der Waals surface area contributed by atoms with Crippen LogP contribution in [0.4, 0.5) is 0 Å². The average molecular weight is 354 g/mol. The molecular formula is C21H22O5. The number of ether oxygens (including phenoxy) is 2. The molecule has 2 aliphatic rings. The summed E-state index contributed by atoms with van der Waals surface area (Å²) in [6.07, 6.45) is 12.3. The Morgan fingerprint density at radius 2 is 1.96 bits per heavy atom. The number of aryl methyl sites for hydroxylation is 1. The summed E-state index contributed by atoms with van der Waals surface area (Å²) in [5.74, 6) is 0.495. The lowest BCUT2D eigenvalue weighted by Gasteiger charge is -2.18. The van der Waals surface area contributed by atoms with Gasteiger partial charge in [-0.3, -0.25) is 4.79 Å². The predicted octanol–water partition coefficient (Wildman–Crippen LogP) is 4.63. The molecule has 2 N–H and O–H groups in total. The molecule has 1 aliphatic carbocycles. The van der Waals surface area contributed by atoms with Crippen molar-refractivity contribution in [2.24, 2.45) is 0 Å². The summed E-state index contributed by atoms with van der Waals surface area (Å²) in [4.78, 5) is 12.6. The second-order valence-electron chi connectivity index (χ2n) is 6.33. The van der Waals surface area contributed by atoms with Gasteiger partial charge in [0.2, 0.25) is 0 Å². The van der Waals surface area contributed by atoms with Gasteiger partial charge in [0.05, 0.1) is 12.0 Å². The van der Waals surface area contributed by atoms with Crippen LogP contribution in [0.25, 0.3) is 0 Å². The summed E-state index contributed by atoms with van der Waals surface area (Å²) < 4.78 is 11.1. The average Bonchev–Trinajstić information content (AvgIpc) is 2.63. The van der Waals surface area contributed by atoms with Gasteiger partial charge in [-0.05, 0) is 30.9 Å². The zero-order chi connectivity index (χ0) is 18.5. The maximum atomic E-state index is 12.6. The van der Waals surface area contributed by atoms with Crippen molar-refractivity contribution in [2.45, 2.75) is 39.0 Å². The normalized spacial score (nSPS) is 16.1. The number of phenols is 2. The van der Waals surface area contributed by atoms with Crippen LogP contribution in [-0.2, 0) is 15.9 Å². The minimum atomic E-state index is -0.298. The van der Waals surface area contributed by atoms with E-state index in [1.807, 2.05) is 13.0 Å². The van der Waals surface area contributed by atoms with Crippen LogP contribution < -0.4 is 0 Å². The van der Waals surface area contributed by atoms with Gasteiger partial charge in [-0.25, -0.2) is 0 Å². The minimum absolute atomic E-state index is 0.0157. The monoisotopic (exact) mass is 354 g/mol. The summed E-state index contributed by atoms with van der Waals surface area (Å²) in [5.41, 5.74) is 2.03. The van der Waals surface area contributed by atoms with Crippen LogP contribution in [0.2, 0.25) is 0 Å². The molecule has 0 aromatic heterocycles. The standard InChI is InChI=1S/C21H22O5/c1-2-15-9-18(21(24)11-19(15)22)20(23)10-17-13-25-12-16(26-17)8-14-6-4-3-5-7-14/h3-4,6,9,11-13,22,24H,2,5,7-8,10H2,1H3. The van der Waals surface area contributed by atoms with E-state index in [0.717, 1.165) is 12.8 Å². The van der Waals surface area contributed by atoms with E-state index in [9.17, 15) is 15.0 Å². The molecule has 1 heterocycles. The van der Waals surface area contributed by atoms with Crippen LogP contribution in [-0.4, -0.2) is 16.0 Å². The second kappa shape index (κ2) is 7.95. The molecule has 0 spiro atoms. The number of aromatic hydroxyl groups is 2. The molecule has 26 heavy (non-hydrogen) atoms. The van der Waals surface area contributed by atoms with E-state index in [0.29, 0.717) is 29.9 Å². The Kier molecular flexibility index (Phi) is 5.46. The molecular weight excluding hydrogens is 332 g/mol. The zero-order valence-electron chi connectivity index (χ0n) is 14.7. The first-order valence-corrected chi connectivity index (χ1v) is 8.71. The Morgan fingerprint density at radius 1 is 1.15 bits per heavy atom.